The molecule has 4 aromatic heterocycles. The predicted octanol–water partition coefficient (Wildman–Crippen LogP) is 7.08. The quantitative estimate of drug-likeness (QED) is 0.0633. The van der Waals surface area contributed by atoms with Crippen molar-refractivity contribution in [1.29, 1.82) is 0 Å². The van der Waals surface area contributed by atoms with Gasteiger partial charge in [-0.2, -0.15) is 12.7 Å². The SMILES string of the molecule is Cc1ncsc1-c1ccc(CNC(=O)[C@@H]2C[C@@H](O)CN2C(=O)C(c2cc(OCCN3CCN(c4ccc(-c5cnc6[nH]cc(C(=O)c7c(F)ccc(NS(=O)(=O)N8CC[C@@H](F)C8)c7F)c6c5)cc4)CC3)no2)C(C)C)cc1. The van der Waals surface area contributed by atoms with Gasteiger partial charge < -0.3 is 34.5 Å². The lowest BCUT2D eigenvalue weighted by molar-refractivity contribution is -0.141. The number of nitrogens with one attached hydrogen (secondary N) is 3. The smallest absolute Gasteiger partial charge is 0.301 e. The fraction of sp³-hybridized carbons (Fsp3) is 0.370. The van der Waals surface area contributed by atoms with Crippen molar-refractivity contribution in [3.05, 3.63) is 130 Å². The highest BCUT2D eigenvalue weighted by Gasteiger charge is 2.43. The second-order valence-electron chi connectivity index (χ2n) is 19.9. The maximum absolute atomic E-state index is 15.8. The van der Waals surface area contributed by atoms with Crippen LogP contribution in [0.2, 0.25) is 0 Å². The van der Waals surface area contributed by atoms with Crippen LogP contribution in [-0.2, 0) is 26.3 Å². The largest absolute Gasteiger partial charge is 0.474 e. The zero-order valence-electron chi connectivity index (χ0n) is 42.4. The second kappa shape index (κ2) is 22.4. The first-order chi connectivity index (χ1) is 37.0. The lowest BCUT2D eigenvalue weighted by atomic mass is 9.91. The van der Waals surface area contributed by atoms with Gasteiger partial charge in [-0.15, -0.1) is 11.3 Å². The maximum atomic E-state index is 15.8. The summed E-state index contributed by atoms with van der Waals surface area (Å²) in [4.78, 5) is 60.2. The van der Waals surface area contributed by atoms with E-state index in [2.05, 4.69) is 35.2 Å². The van der Waals surface area contributed by atoms with Crippen LogP contribution in [0, 0.1) is 24.5 Å². The van der Waals surface area contributed by atoms with Gasteiger partial charge in [-0.3, -0.25) is 24.0 Å². The van der Waals surface area contributed by atoms with Gasteiger partial charge in [0.1, 0.15) is 36.2 Å². The number of amides is 2. The van der Waals surface area contributed by atoms with Crippen LogP contribution in [0.1, 0.15) is 65.5 Å². The number of carbonyl (C=O) groups excluding carboxylic acids is 3. The molecule has 1 unspecified atom stereocenters. The average molecular weight is 1100 g/mol. The molecule has 3 saturated heterocycles. The monoisotopic (exact) mass is 1090 g/mol. The molecule has 0 spiro atoms. The highest BCUT2D eigenvalue weighted by molar-refractivity contribution is 7.90. The number of H-pyrrole nitrogens is 1. The van der Waals surface area contributed by atoms with E-state index in [1.165, 1.54) is 11.1 Å². The number of thiazole rings is 1. The minimum atomic E-state index is -4.38. The van der Waals surface area contributed by atoms with Crippen LogP contribution >= 0.6 is 11.3 Å². The van der Waals surface area contributed by atoms with E-state index in [4.69, 9.17) is 9.26 Å². The summed E-state index contributed by atoms with van der Waals surface area (Å²) in [7, 11) is -4.38. The highest BCUT2D eigenvalue weighted by Crippen LogP contribution is 2.35. The number of fused-ring (bicyclic) bond motifs is 1. The number of pyridine rings is 1. The summed E-state index contributed by atoms with van der Waals surface area (Å²) in [6.45, 7) is 9.46. The number of carbonyl (C=O) groups is 3. The number of β-amino-alcohol motifs (C(OH)–C–C–N with tert-alkyl or cyclic N) is 1. The van der Waals surface area contributed by atoms with E-state index in [1.807, 2.05) is 79.5 Å². The molecule has 404 valence electrons. The molecule has 18 nitrogen and oxygen atoms in total. The number of rotatable bonds is 18. The maximum Gasteiger partial charge on any atom is 0.301 e. The van der Waals surface area contributed by atoms with Crippen LogP contribution in [0.3, 0.4) is 0 Å². The summed E-state index contributed by atoms with van der Waals surface area (Å²) < 4.78 is 85.0. The molecule has 7 heterocycles. The highest BCUT2D eigenvalue weighted by atomic mass is 32.2. The van der Waals surface area contributed by atoms with Crippen molar-refractivity contribution in [3.8, 4) is 27.4 Å². The van der Waals surface area contributed by atoms with Crippen molar-refractivity contribution < 1.29 is 50.3 Å². The Bertz CT molecular complexity index is 3400. The molecule has 23 heteroatoms. The first kappa shape index (κ1) is 53.2. The molecule has 3 aliphatic rings. The summed E-state index contributed by atoms with van der Waals surface area (Å²) in [6.07, 6.45) is 0.814. The Kier molecular flexibility index (Phi) is 15.5. The number of hydrogen-bond acceptors (Lipinski definition) is 14. The standard InChI is InChI=1S/C54H57F3N10O8S2/c1-31(2)47(54(71)67-29-39(68)23-44(67)53(70)60-25-33-4-6-35(7-5-33)51-32(3)61-30-76-51)45-24-46(62-75-45)74-21-20-64-16-18-65(19-17-64)38-10-8-34(9-11-38)36-22-40-41(27-59-52(40)58-26-36)50(69)48-42(56)12-13-43(49(48)57)63-77(72,73)66-15-14-37(55)28-66/h4-13,22,24,26-27,30-31,37,39,44,47,63,68H,14-21,23,25,28-29H2,1-3H3,(H,58,59)(H,60,70)/t37-,39-,44+,47?/m1/s1. The van der Waals surface area contributed by atoms with Crippen molar-refractivity contribution >= 4 is 61.6 Å². The van der Waals surface area contributed by atoms with Crippen LogP contribution in [0.4, 0.5) is 24.5 Å². The van der Waals surface area contributed by atoms with E-state index in [0.717, 1.165) is 75.6 Å². The molecule has 4 N–H and O–H groups in total. The number of aromatic nitrogens is 4. The van der Waals surface area contributed by atoms with E-state index in [0.29, 0.717) is 35.5 Å². The van der Waals surface area contributed by atoms with Crippen LogP contribution in [0.25, 0.3) is 32.6 Å². The predicted molar refractivity (Wildman–Crippen MR) is 283 cm³/mol. The van der Waals surface area contributed by atoms with E-state index >= 15 is 8.78 Å². The zero-order chi connectivity index (χ0) is 54.1. The van der Waals surface area contributed by atoms with Crippen LogP contribution < -0.4 is 19.7 Å². The van der Waals surface area contributed by atoms with Gasteiger partial charge in [0.2, 0.25) is 17.6 Å². The summed E-state index contributed by atoms with van der Waals surface area (Å²) >= 11 is 1.57. The molecule has 3 aliphatic heterocycles. The number of aliphatic hydroxyl groups is 1. The summed E-state index contributed by atoms with van der Waals surface area (Å²) in [5.41, 5.74) is 5.77. The molecule has 0 radical (unpaired) electrons. The summed E-state index contributed by atoms with van der Waals surface area (Å²) in [5, 5.41) is 18.0. The first-order valence-electron chi connectivity index (χ1n) is 25.4. The Morgan fingerprint density at radius 1 is 0.948 bits per heavy atom. The molecule has 77 heavy (non-hydrogen) atoms. The number of ketones is 1. The first-order valence-corrected chi connectivity index (χ1v) is 27.7. The Balaban J connectivity index is 0.706. The molecule has 0 saturated carbocycles. The van der Waals surface area contributed by atoms with Gasteiger partial charge in [0, 0.05) is 106 Å². The number of likely N-dealkylation sites (tertiary alicyclic amines) is 1. The van der Waals surface area contributed by atoms with Gasteiger partial charge >= 0.3 is 10.2 Å². The summed E-state index contributed by atoms with van der Waals surface area (Å²) in [5.74, 6) is -4.72. The molecule has 0 aliphatic carbocycles. The van der Waals surface area contributed by atoms with E-state index < -0.39 is 69.7 Å². The number of nitrogens with zero attached hydrogens (tertiary/aromatic N) is 7. The molecule has 10 rings (SSSR count). The van der Waals surface area contributed by atoms with Gasteiger partial charge in [-0.25, -0.2) is 23.1 Å². The van der Waals surface area contributed by atoms with E-state index in [-0.39, 0.29) is 61.7 Å². The topological polar surface area (TPSA) is 219 Å². The Morgan fingerprint density at radius 2 is 1.70 bits per heavy atom. The molecule has 3 aromatic carbocycles. The Morgan fingerprint density at radius 3 is 2.40 bits per heavy atom. The van der Waals surface area contributed by atoms with Gasteiger partial charge in [0.05, 0.1) is 33.4 Å². The van der Waals surface area contributed by atoms with Crippen LogP contribution in [-0.4, -0.2) is 143 Å². The number of halogens is 3. The van der Waals surface area contributed by atoms with Gasteiger partial charge in [-0.1, -0.05) is 50.2 Å². The van der Waals surface area contributed by atoms with Gasteiger partial charge in [-0.05, 0) is 71.4 Å². The van der Waals surface area contributed by atoms with Gasteiger partial charge in [0.15, 0.2) is 11.6 Å². The molecule has 7 aromatic rings. The Labute approximate surface area is 446 Å². The number of anilines is 2. The van der Waals surface area contributed by atoms with E-state index in [1.54, 1.807) is 29.7 Å². The third kappa shape index (κ3) is 11.4. The molecule has 3 fully saturated rings. The fourth-order valence-corrected chi connectivity index (χ4v) is 12.3. The zero-order valence-corrected chi connectivity index (χ0v) is 44.1. The van der Waals surface area contributed by atoms with Gasteiger partial charge in [0.25, 0.3) is 5.88 Å². The number of hydrogen-bond donors (Lipinski definition) is 4. The average Bonchev–Trinajstić information content (AvgIpc) is 4.32. The number of aliphatic hydroxyl groups excluding tert-OH is 1. The lowest BCUT2D eigenvalue weighted by Crippen LogP contribution is -2.48. The van der Waals surface area contributed by atoms with Crippen molar-refractivity contribution in [2.45, 2.75) is 64.4 Å². The Hall–Kier alpha value is -7.18. The number of alkyl halides is 1. The van der Waals surface area contributed by atoms with Crippen LogP contribution in [0.5, 0.6) is 5.88 Å². The minimum absolute atomic E-state index is 0.00843. The summed E-state index contributed by atoms with van der Waals surface area (Å²) in [6, 6.07) is 19.8. The van der Waals surface area contributed by atoms with Crippen molar-refractivity contribution in [2.75, 3.05) is 68.6 Å². The fourth-order valence-electron chi connectivity index (χ4n) is 10.2. The number of piperazine rings is 1. The number of benzene rings is 3. The molecular formula is C54H57F3N10O8S2. The normalized spacial score (nSPS) is 18.8. The number of aryl methyl sites for hydroxylation is 1. The number of aromatic amines is 1. The van der Waals surface area contributed by atoms with E-state index in [9.17, 15) is 32.3 Å². The van der Waals surface area contributed by atoms with Crippen molar-refractivity contribution in [2.24, 2.45) is 5.92 Å². The number of ether oxygens (including phenoxy) is 1. The second-order valence-corrected chi connectivity index (χ2v) is 22.4. The van der Waals surface area contributed by atoms with Crippen molar-refractivity contribution in [1.82, 2.24) is 39.5 Å². The lowest BCUT2D eigenvalue weighted by Gasteiger charge is -2.36. The third-order valence-corrected chi connectivity index (χ3v) is 16.9. The molecule has 4 atom stereocenters. The van der Waals surface area contributed by atoms with Crippen LogP contribution in [0.15, 0.2) is 95.2 Å². The van der Waals surface area contributed by atoms with Crippen molar-refractivity contribution in [3.63, 3.8) is 0 Å². The third-order valence-electron chi connectivity index (χ3n) is 14.4. The molecule has 0 bridgehead atoms. The molecule has 2 amide bonds. The molecular weight excluding hydrogens is 1040 g/mol. The minimum Gasteiger partial charge on any atom is -0.474 e.